The molecule has 1 nitrogen and oxygen atoms in total. The number of alkyl halides is 4. The summed E-state index contributed by atoms with van der Waals surface area (Å²) in [4.78, 5) is 0. The Kier molecular flexibility index (Phi) is 11.5. The summed E-state index contributed by atoms with van der Waals surface area (Å²) in [6.07, 6.45) is 7.17. The summed E-state index contributed by atoms with van der Waals surface area (Å²) in [5.74, 6) is 0.916. The molecule has 0 aromatic rings. The van der Waals surface area contributed by atoms with Crippen LogP contribution in [-0.2, 0) is 4.74 Å². The first kappa shape index (κ1) is 15.6. The van der Waals surface area contributed by atoms with Crippen molar-refractivity contribution in [2.45, 2.75) is 10.8 Å². The predicted molar refractivity (Wildman–Crippen MR) is 69.8 cm³/mol. The summed E-state index contributed by atoms with van der Waals surface area (Å²) in [6.45, 7) is 0.847. The van der Waals surface area contributed by atoms with Gasteiger partial charge in [-0.2, -0.15) is 0 Å². The maximum absolute atomic E-state index is 5.89. The fourth-order valence-corrected chi connectivity index (χ4v) is 1.39. The number of hydrogen-bond acceptors (Lipinski definition) is 1. The molecule has 0 aliphatic carbocycles. The largest absolute Gasteiger partial charge is 0.378 e. The number of halogens is 4. The average Bonchev–Trinajstić information content (AvgIpc) is 2.23. The topological polar surface area (TPSA) is 9.23 Å². The molecule has 2 unspecified atom stereocenters. The zero-order chi connectivity index (χ0) is 11.5. The van der Waals surface area contributed by atoms with Gasteiger partial charge >= 0.3 is 0 Å². The highest BCUT2D eigenvalue weighted by atomic mass is 35.5. The van der Waals surface area contributed by atoms with Crippen molar-refractivity contribution >= 4 is 46.4 Å². The van der Waals surface area contributed by atoms with Crippen LogP contribution >= 0.6 is 46.4 Å². The van der Waals surface area contributed by atoms with Gasteiger partial charge in [0.15, 0.2) is 0 Å². The molecule has 5 heteroatoms. The molecule has 15 heavy (non-hydrogen) atoms. The van der Waals surface area contributed by atoms with E-state index in [9.17, 15) is 0 Å². The van der Waals surface area contributed by atoms with Gasteiger partial charge in [-0.05, 0) is 0 Å². The first-order chi connectivity index (χ1) is 7.20. The van der Waals surface area contributed by atoms with Gasteiger partial charge in [0, 0.05) is 11.8 Å². The third kappa shape index (κ3) is 10.9. The first-order valence-electron chi connectivity index (χ1n) is 4.51. The normalized spacial score (nSPS) is 16.3. The molecule has 0 aromatic heterocycles. The highest BCUT2D eigenvalue weighted by molar-refractivity contribution is 6.22. The molecular weight excluding hydrogens is 278 g/mol. The molecule has 88 valence electrons. The molecule has 0 rings (SSSR count). The quantitative estimate of drug-likeness (QED) is 0.488. The van der Waals surface area contributed by atoms with Gasteiger partial charge in [-0.1, -0.05) is 24.3 Å². The fraction of sp³-hybridized carbons (Fsp3) is 0.600. The molecule has 0 aliphatic rings. The average molecular weight is 292 g/mol. The van der Waals surface area contributed by atoms with Crippen LogP contribution in [0.25, 0.3) is 0 Å². The highest BCUT2D eigenvalue weighted by Crippen LogP contribution is 2.03. The SMILES string of the molecule is ClCC=CC(Cl)COCC(Cl)C=CCCl. The van der Waals surface area contributed by atoms with Gasteiger partial charge in [-0.15, -0.1) is 46.4 Å². The molecule has 0 bridgehead atoms. The highest BCUT2D eigenvalue weighted by Gasteiger charge is 2.02. The van der Waals surface area contributed by atoms with Crippen LogP contribution in [0, 0.1) is 0 Å². The van der Waals surface area contributed by atoms with E-state index >= 15 is 0 Å². The lowest BCUT2D eigenvalue weighted by Gasteiger charge is -2.08. The van der Waals surface area contributed by atoms with E-state index in [2.05, 4.69) is 0 Å². The van der Waals surface area contributed by atoms with Crippen molar-refractivity contribution < 1.29 is 4.74 Å². The van der Waals surface area contributed by atoms with Crippen LogP contribution in [0.2, 0.25) is 0 Å². The van der Waals surface area contributed by atoms with Crippen molar-refractivity contribution in [3.05, 3.63) is 24.3 Å². The van der Waals surface area contributed by atoms with Crippen LogP contribution in [0.15, 0.2) is 24.3 Å². The van der Waals surface area contributed by atoms with Gasteiger partial charge in [0.2, 0.25) is 0 Å². The van der Waals surface area contributed by atoms with E-state index in [0.717, 1.165) is 0 Å². The van der Waals surface area contributed by atoms with Crippen LogP contribution in [0.5, 0.6) is 0 Å². The molecule has 0 amide bonds. The number of rotatable bonds is 8. The van der Waals surface area contributed by atoms with Gasteiger partial charge < -0.3 is 4.74 Å². The molecule has 0 fully saturated rings. The van der Waals surface area contributed by atoms with Gasteiger partial charge in [-0.3, -0.25) is 0 Å². The Labute approximate surface area is 111 Å². The zero-order valence-corrected chi connectivity index (χ0v) is 11.2. The summed E-state index contributed by atoms with van der Waals surface area (Å²) in [7, 11) is 0. The molecule has 0 saturated heterocycles. The van der Waals surface area contributed by atoms with Crippen molar-refractivity contribution in [3.8, 4) is 0 Å². The number of allylic oxidation sites excluding steroid dienone is 2. The van der Waals surface area contributed by atoms with Crippen molar-refractivity contribution in [2.75, 3.05) is 25.0 Å². The maximum Gasteiger partial charge on any atom is 0.0750 e. The molecule has 0 saturated carbocycles. The summed E-state index contributed by atoms with van der Waals surface area (Å²) in [6, 6.07) is 0. The molecule has 0 aromatic carbocycles. The van der Waals surface area contributed by atoms with Crippen molar-refractivity contribution in [2.24, 2.45) is 0 Å². The summed E-state index contributed by atoms with van der Waals surface area (Å²) in [5.41, 5.74) is 0. The predicted octanol–water partition coefficient (Wildman–Crippen LogP) is 3.81. The van der Waals surface area contributed by atoms with Crippen LogP contribution in [0.3, 0.4) is 0 Å². The van der Waals surface area contributed by atoms with E-state index in [4.69, 9.17) is 51.1 Å². The summed E-state index contributed by atoms with van der Waals surface area (Å²) >= 11 is 22.7. The Balaban J connectivity index is 3.51. The fourth-order valence-electron chi connectivity index (χ4n) is 0.803. The molecule has 0 N–H and O–H groups in total. The minimum absolute atomic E-state index is 0.162. The van der Waals surface area contributed by atoms with E-state index in [-0.39, 0.29) is 10.8 Å². The van der Waals surface area contributed by atoms with Crippen molar-refractivity contribution in [1.29, 1.82) is 0 Å². The molecule has 0 aliphatic heterocycles. The van der Waals surface area contributed by atoms with Crippen molar-refractivity contribution in [1.82, 2.24) is 0 Å². The summed E-state index contributed by atoms with van der Waals surface area (Å²) < 4.78 is 5.30. The van der Waals surface area contributed by atoms with E-state index in [1.165, 1.54) is 0 Å². The Bertz CT molecular complexity index is 174. The van der Waals surface area contributed by atoms with Gasteiger partial charge in [0.05, 0.1) is 24.0 Å². The Hall–Kier alpha value is 0.600. The third-order valence-corrected chi connectivity index (χ3v) is 2.32. The monoisotopic (exact) mass is 290 g/mol. The Morgan fingerprint density at radius 2 is 1.27 bits per heavy atom. The second kappa shape index (κ2) is 11.1. The second-order valence-electron chi connectivity index (χ2n) is 2.73. The Morgan fingerprint density at radius 3 is 1.60 bits per heavy atom. The molecule has 0 heterocycles. The minimum Gasteiger partial charge on any atom is -0.378 e. The lowest BCUT2D eigenvalue weighted by molar-refractivity contribution is 0.147. The van der Waals surface area contributed by atoms with Crippen LogP contribution < -0.4 is 0 Å². The zero-order valence-electron chi connectivity index (χ0n) is 8.21. The van der Waals surface area contributed by atoms with E-state index in [0.29, 0.717) is 25.0 Å². The van der Waals surface area contributed by atoms with Crippen LogP contribution in [0.4, 0.5) is 0 Å². The standard InChI is InChI=1S/C10H14Cl4O/c11-5-1-3-9(13)7-15-8-10(14)4-2-6-12/h1-4,9-10H,5-8H2. The minimum atomic E-state index is -0.162. The second-order valence-corrected chi connectivity index (χ2v) is 4.47. The van der Waals surface area contributed by atoms with Crippen molar-refractivity contribution in [3.63, 3.8) is 0 Å². The van der Waals surface area contributed by atoms with Crippen LogP contribution in [-0.4, -0.2) is 35.7 Å². The van der Waals surface area contributed by atoms with E-state index in [1.807, 2.05) is 0 Å². The lowest BCUT2D eigenvalue weighted by atomic mass is 10.4. The molecular formula is C10H14Cl4O. The van der Waals surface area contributed by atoms with Gasteiger partial charge in [-0.25, -0.2) is 0 Å². The number of hydrogen-bond donors (Lipinski definition) is 0. The number of ether oxygens (including phenoxy) is 1. The molecule has 2 atom stereocenters. The molecule has 0 radical (unpaired) electrons. The summed E-state index contributed by atoms with van der Waals surface area (Å²) in [5, 5.41) is -0.325. The maximum atomic E-state index is 5.89. The van der Waals surface area contributed by atoms with E-state index in [1.54, 1.807) is 24.3 Å². The third-order valence-electron chi connectivity index (χ3n) is 1.42. The Morgan fingerprint density at radius 1 is 0.867 bits per heavy atom. The lowest BCUT2D eigenvalue weighted by Crippen LogP contribution is -2.12. The van der Waals surface area contributed by atoms with Crippen LogP contribution in [0.1, 0.15) is 0 Å². The van der Waals surface area contributed by atoms with Gasteiger partial charge in [0.25, 0.3) is 0 Å². The van der Waals surface area contributed by atoms with Gasteiger partial charge in [0.1, 0.15) is 0 Å². The van der Waals surface area contributed by atoms with E-state index < -0.39 is 0 Å². The first-order valence-corrected chi connectivity index (χ1v) is 6.46. The molecule has 0 spiro atoms. The smallest absolute Gasteiger partial charge is 0.0750 e.